The van der Waals surface area contributed by atoms with E-state index in [9.17, 15) is 14.4 Å². The molecule has 0 spiro atoms. The van der Waals surface area contributed by atoms with E-state index in [2.05, 4.69) is 0 Å². The second kappa shape index (κ2) is 6.97. The molecule has 1 heterocycles. The maximum atomic E-state index is 12.0. The van der Waals surface area contributed by atoms with Crippen molar-refractivity contribution in [1.82, 2.24) is 0 Å². The van der Waals surface area contributed by atoms with E-state index in [0.717, 1.165) is 12.8 Å². The standard InChI is InChI=1S/C17H18O4/c1-12-11-15(19)16(17(20)21-12)14(18)10-6-5-9-13-7-3-2-4-8-13/h2-4,7-8,11,16H,5-6,9-10H2,1H3. The molecule has 0 radical (unpaired) electrons. The van der Waals surface area contributed by atoms with Crippen LogP contribution in [0.2, 0.25) is 0 Å². The van der Waals surface area contributed by atoms with E-state index in [1.54, 1.807) is 0 Å². The van der Waals surface area contributed by atoms with Crippen molar-refractivity contribution in [3.05, 3.63) is 47.7 Å². The monoisotopic (exact) mass is 286 g/mol. The highest BCUT2D eigenvalue weighted by Gasteiger charge is 2.36. The SMILES string of the molecule is CC1=CC(=O)C(C(=O)CCCCc2ccccc2)C(=O)O1. The van der Waals surface area contributed by atoms with Gasteiger partial charge in [0.15, 0.2) is 17.5 Å². The Hall–Kier alpha value is -2.23. The summed E-state index contributed by atoms with van der Waals surface area (Å²) in [5, 5.41) is 0. The lowest BCUT2D eigenvalue weighted by molar-refractivity contribution is -0.152. The number of unbranched alkanes of at least 4 members (excludes halogenated alkanes) is 1. The Bertz CT molecular complexity index is 572. The number of rotatable bonds is 6. The molecule has 2 rings (SSSR count). The number of carbonyl (C=O) groups excluding carboxylic acids is 3. The van der Waals surface area contributed by atoms with Gasteiger partial charge < -0.3 is 4.74 Å². The van der Waals surface area contributed by atoms with Crippen molar-refractivity contribution in [3.8, 4) is 0 Å². The smallest absolute Gasteiger partial charge is 0.329 e. The van der Waals surface area contributed by atoms with Crippen LogP contribution in [0.25, 0.3) is 0 Å². The van der Waals surface area contributed by atoms with Gasteiger partial charge in [-0.25, -0.2) is 0 Å². The molecule has 0 bridgehead atoms. The number of allylic oxidation sites excluding steroid dienone is 2. The van der Waals surface area contributed by atoms with Gasteiger partial charge in [0.2, 0.25) is 0 Å². The van der Waals surface area contributed by atoms with Gasteiger partial charge in [-0.05, 0) is 31.7 Å². The van der Waals surface area contributed by atoms with Crippen molar-refractivity contribution in [1.29, 1.82) is 0 Å². The summed E-state index contributed by atoms with van der Waals surface area (Å²) in [6, 6.07) is 10.00. The molecule has 0 amide bonds. The van der Waals surface area contributed by atoms with Gasteiger partial charge in [-0.3, -0.25) is 14.4 Å². The Labute approximate surface area is 123 Å². The quantitative estimate of drug-likeness (QED) is 0.458. The van der Waals surface area contributed by atoms with Crippen LogP contribution in [0.3, 0.4) is 0 Å². The van der Waals surface area contributed by atoms with E-state index in [0.29, 0.717) is 6.42 Å². The van der Waals surface area contributed by atoms with E-state index < -0.39 is 17.7 Å². The minimum absolute atomic E-state index is 0.227. The van der Waals surface area contributed by atoms with Crippen LogP contribution < -0.4 is 0 Å². The Kier molecular flexibility index (Phi) is 5.04. The summed E-state index contributed by atoms with van der Waals surface area (Å²) in [4.78, 5) is 35.3. The number of aryl methyl sites for hydroxylation is 1. The maximum absolute atomic E-state index is 12.0. The lowest BCUT2D eigenvalue weighted by Crippen LogP contribution is -2.35. The largest absolute Gasteiger partial charge is 0.430 e. The number of esters is 1. The van der Waals surface area contributed by atoms with Crippen LogP contribution in [-0.2, 0) is 25.5 Å². The van der Waals surface area contributed by atoms with Crippen molar-refractivity contribution in [2.24, 2.45) is 5.92 Å². The topological polar surface area (TPSA) is 60.4 Å². The van der Waals surface area contributed by atoms with Crippen LogP contribution in [-0.4, -0.2) is 17.5 Å². The zero-order valence-electron chi connectivity index (χ0n) is 12.0. The molecule has 0 N–H and O–H groups in total. The number of hydrogen-bond donors (Lipinski definition) is 0. The van der Waals surface area contributed by atoms with Crippen LogP contribution in [0.15, 0.2) is 42.2 Å². The van der Waals surface area contributed by atoms with Gasteiger partial charge in [-0.1, -0.05) is 30.3 Å². The third-order valence-corrected chi connectivity index (χ3v) is 3.43. The molecule has 1 aromatic rings. The normalized spacial score (nSPS) is 18.1. The Balaban J connectivity index is 1.80. The average Bonchev–Trinajstić information content (AvgIpc) is 2.43. The van der Waals surface area contributed by atoms with Crippen molar-refractivity contribution < 1.29 is 19.1 Å². The van der Waals surface area contributed by atoms with Gasteiger partial charge >= 0.3 is 5.97 Å². The van der Waals surface area contributed by atoms with Gasteiger partial charge in [0.25, 0.3) is 0 Å². The number of ketones is 2. The van der Waals surface area contributed by atoms with Crippen LogP contribution >= 0.6 is 0 Å². The molecule has 4 nitrogen and oxygen atoms in total. The first-order valence-electron chi connectivity index (χ1n) is 7.08. The summed E-state index contributed by atoms with van der Waals surface area (Å²) in [5.41, 5.74) is 1.22. The van der Waals surface area contributed by atoms with Crippen molar-refractivity contribution in [2.75, 3.05) is 0 Å². The van der Waals surface area contributed by atoms with Crippen LogP contribution in [0, 0.1) is 5.92 Å². The fourth-order valence-electron chi connectivity index (χ4n) is 2.35. The summed E-state index contributed by atoms with van der Waals surface area (Å²) in [6.45, 7) is 1.52. The molecule has 1 aliphatic heterocycles. The maximum Gasteiger partial charge on any atom is 0.329 e. The van der Waals surface area contributed by atoms with Crippen molar-refractivity contribution in [2.45, 2.75) is 32.6 Å². The highest BCUT2D eigenvalue weighted by molar-refractivity contribution is 6.21. The first kappa shape index (κ1) is 15.2. The summed E-state index contributed by atoms with van der Waals surface area (Å²) in [6.07, 6.45) is 3.84. The van der Waals surface area contributed by atoms with E-state index in [1.807, 2.05) is 30.3 Å². The van der Waals surface area contributed by atoms with Crippen molar-refractivity contribution >= 4 is 17.5 Å². The second-order valence-electron chi connectivity index (χ2n) is 5.17. The highest BCUT2D eigenvalue weighted by atomic mass is 16.5. The number of hydrogen-bond acceptors (Lipinski definition) is 4. The number of cyclic esters (lactones) is 1. The van der Waals surface area contributed by atoms with Gasteiger partial charge in [-0.15, -0.1) is 0 Å². The minimum Gasteiger partial charge on any atom is -0.430 e. The summed E-state index contributed by atoms with van der Waals surface area (Å²) in [7, 11) is 0. The minimum atomic E-state index is -1.26. The molecule has 1 unspecified atom stereocenters. The third-order valence-electron chi connectivity index (χ3n) is 3.43. The Morgan fingerprint density at radius 2 is 1.86 bits per heavy atom. The summed E-state index contributed by atoms with van der Waals surface area (Å²) >= 11 is 0. The zero-order valence-corrected chi connectivity index (χ0v) is 12.0. The van der Waals surface area contributed by atoms with Gasteiger partial charge in [0, 0.05) is 12.5 Å². The predicted molar refractivity (Wildman–Crippen MR) is 77.4 cm³/mol. The molecule has 0 saturated carbocycles. The molecular formula is C17H18O4. The molecule has 4 heteroatoms. The molecule has 1 aromatic carbocycles. The van der Waals surface area contributed by atoms with Crippen LogP contribution in [0.5, 0.6) is 0 Å². The second-order valence-corrected chi connectivity index (χ2v) is 5.17. The van der Waals surface area contributed by atoms with Gasteiger partial charge in [-0.2, -0.15) is 0 Å². The molecule has 0 aromatic heterocycles. The lowest BCUT2D eigenvalue weighted by atomic mass is 9.93. The number of carbonyl (C=O) groups is 3. The van der Waals surface area contributed by atoms with Crippen LogP contribution in [0.4, 0.5) is 0 Å². The average molecular weight is 286 g/mol. The molecule has 110 valence electrons. The van der Waals surface area contributed by atoms with Crippen molar-refractivity contribution in [3.63, 3.8) is 0 Å². The van der Waals surface area contributed by atoms with E-state index >= 15 is 0 Å². The highest BCUT2D eigenvalue weighted by Crippen LogP contribution is 2.18. The number of ether oxygens (including phenoxy) is 1. The van der Waals surface area contributed by atoms with Gasteiger partial charge in [0.1, 0.15) is 5.76 Å². The fraction of sp³-hybridized carbons (Fsp3) is 0.353. The van der Waals surface area contributed by atoms with E-state index in [1.165, 1.54) is 18.6 Å². The summed E-state index contributed by atoms with van der Waals surface area (Å²) < 4.78 is 4.85. The Morgan fingerprint density at radius 1 is 1.14 bits per heavy atom. The van der Waals surface area contributed by atoms with E-state index in [-0.39, 0.29) is 18.0 Å². The number of benzene rings is 1. The molecule has 0 aliphatic carbocycles. The van der Waals surface area contributed by atoms with Crippen LogP contribution in [0.1, 0.15) is 31.7 Å². The lowest BCUT2D eigenvalue weighted by Gasteiger charge is -2.17. The zero-order chi connectivity index (χ0) is 15.2. The predicted octanol–water partition coefficient (Wildman–Crippen LogP) is 2.61. The third kappa shape index (κ3) is 4.12. The Morgan fingerprint density at radius 3 is 2.52 bits per heavy atom. The first-order chi connectivity index (χ1) is 10.1. The molecule has 1 atom stereocenters. The molecular weight excluding hydrogens is 268 g/mol. The molecule has 0 fully saturated rings. The molecule has 1 aliphatic rings. The summed E-state index contributed by atoms with van der Waals surface area (Å²) in [5.74, 6) is -2.56. The molecule has 21 heavy (non-hydrogen) atoms. The van der Waals surface area contributed by atoms with E-state index in [4.69, 9.17) is 4.74 Å². The fourth-order valence-corrected chi connectivity index (χ4v) is 2.35. The first-order valence-corrected chi connectivity index (χ1v) is 7.08. The molecule has 0 saturated heterocycles. The van der Waals surface area contributed by atoms with Gasteiger partial charge in [0.05, 0.1) is 0 Å². The number of Topliss-reactive ketones (excluding diaryl/α,β-unsaturated/α-hetero) is 1.